The molecule has 0 fully saturated rings. The largest absolute Gasteiger partial charge is 2.00 e. The van der Waals surface area contributed by atoms with Crippen molar-refractivity contribution in [3.8, 4) is 17.1 Å². The fourth-order valence-electron chi connectivity index (χ4n) is 3.15. The van der Waals surface area contributed by atoms with Gasteiger partial charge in [-0.3, -0.25) is 10.1 Å². The van der Waals surface area contributed by atoms with Crippen LogP contribution in [0.4, 0.5) is 26.3 Å². The third-order valence-electron chi connectivity index (χ3n) is 5.07. The Balaban J connectivity index is 0.00000342. The minimum Gasteiger partial charge on any atom is -0.348 e. The normalized spacial score (nSPS) is 12.3. The van der Waals surface area contributed by atoms with Crippen LogP contribution in [-0.2, 0) is 38.8 Å². The Morgan fingerprint density at radius 2 is 1.40 bits per heavy atom. The number of pyridine rings is 3. The van der Waals surface area contributed by atoms with Gasteiger partial charge in [-0.15, -0.1) is 23.8 Å². The van der Waals surface area contributed by atoms with Crippen molar-refractivity contribution in [2.75, 3.05) is 0 Å². The number of nitrogens with zero attached hydrogens (tertiary/aromatic N) is 5. The van der Waals surface area contributed by atoms with Crippen molar-refractivity contribution in [2.45, 2.75) is 31.6 Å². The molecule has 184 valence electrons. The standard InChI is InChI=1S/C23H15F6N5.Pt/c1-21(2,17-7-4-8-20(32-17)34-12-11-19(33-34)23(27,28)29)16-6-3-5-15(31-16)14-9-10-18(30-13-14)22(24,25)26;/h3-8,10-11,13H,1-2H3;/q-2;+2. The van der Waals surface area contributed by atoms with Gasteiger partial charge >= 0.3 is 33.4 Å². The molecule has 35 heavy (non-hydrogen) atoms. The van der Waals surface area contributed by atoms with Crippen LogP contribution in [0, 0.1) is 12.3 Å². The molecule has 0 aromatic carbocycles. The summed E-state index contributed by atoms with van der Waals surface area (Å²) in [6, 6.07) is 13.9. The summed E-state index contributed by atoms with van der Waals surface area (Å²) >= 11 is 0. The van der Waals surface area contributed by atoms with Crippen molar-refractivity contribution in [2.24, 2.45) is 0 Å². The summed E-state index contributed by atoms with van der Waals surface area (Å²) in [5.74, 6) is 0.137. The van der Waals surface area contributed by atoms with E-state index in [2.05, 4.69) is 32.3 Å². The van der Waals surface area contributed by atoms with E-state index in [9.17, 15) is 26.3 Å². The molecule has 4 aromatic rings. The average molecular weight is 670 g/mol. The maximum absolute atomic E-state index is 12.9. The summed E-state index contributed by atoms with van der Waals surface area (Å²) in [7, 11) is 0. The first-order valence-corrected chi connectivity index (χ1v) is 9.81. The Morgan fingerprint density at radius 3 is 1.97 bits per heavy atom. The summed E-state index contributed by atoms with van der Waals surface area (Å²) in [6.45, 7) is 3.63. The molecule has 0 bridgehead atoms. The molecular weight excluding hydrogens is 655 g/mol. The predicted molar refractivity (Wildman–Crippen MR) is 109 cm³/mol. The molecule has 4 rings (SSSR count). The van der Waals surface area contributed by atoms with Gasteiger partial charge < -0.3 is 14.6 Å². The molecule has 0 aliphatic heterocycles. The molecule has 12 heteroatoms. The van der Waals surface area contributed by atoms with Gasteiger partial charge in [-0.05, 0) is 31.7 Å². The summed E-state index contributed by atoms with van der Waals surface area (Å²) in [5, 5.41) is 3.49. The van der Waals surface area contributed by atoms with Crippen LogP contribution in [-0.4, -0.2) is 24.7 Å². The zero-order valence-electron chi connectivity index (χ0n) is 18.0. The Morgan fingerprint density at radius 1 is 0.771 bits per heavy atom. The minimum absolute atomic E-state index is 0. The van der Waals surface area contributed by atoms with Gasteiger partial charge in [-0.2, -0.15) is 26.3 Å². The molecule has 0 radical (unpaired) electrons. The van der Waals surface area contributed by atoms with Gasteiger partial charge in [0.1, 0.15) is 0 Å². The maximum Gasteiger partial charge on any atom is 2.00 e. The van der Waals surface area contributed by atoms with E-state index in [1.54, 1.807) is 30.3 Å². The molecule has 4 heterocycles. The molecular formula is C23H15F6N5Pt. The number of aromatic nitrogens is 5. The Labute approximate surface area is 210 Å². The van der Waals surface area contributed by atoms with Crippen molar-refractivity contribution >= 4 is 0 Å². The number of alkyl halides is 6. The topological polar surface area (TPSA) is 56.5 Å². The van der Waals surface area contributed by atoms with Crippen molar-refractivity contribution in [1.82, 2.24) is 24.7 Å². The first-order valence-electron chi connectivity index (χ1n) is 9.81. The summed E-state index contributed by atoms with van der Waals surface area (Å²) in [4.78, 5) is 12.4. The van der Waals surface area contributed by atoms with Crippen molar-refractivity contribution in [3.63, 3.8) is 0 Å². The maximum atomic E-state index is 12.9. The third kappa shape index (κ3) is 5.61. The zero-order valence-corrected chi connectivity index (χ0v) is 20.3. The van der Waals surface area contributed by atoms with Crippen LogP contribution in [0.5, 0.6) is 0 Å². The van der Waals surface area contributed by atoms with Gasteiger partial charge in [-0.1, -0.05) is 36.7 Å². The fraction of sp³-hybridized carbons (Fsp3) is 0.217. The van der Waals surface area contributed by atoms with Gasteiger partial charge in [0.15, 0.2) is 0 Å². The molecule has 0 spiro atoms. The molecule has 0 atom stereocenters. The van der Waals surface area contributed by atoms with Crippen LogP contribution in [0.3, 0.4) is 0 Å². The second kappa shape index (κ2) is 9.53. The van der Waals surface area contributed by atoms with Crippen LogP contribution in [0.2, 0.25) is 0 Å². The first kappa shape index (κ1) is 26.5. The van der Waals surface area contributed by atoms with E-state index in [4.69, 9.17) is 0 Å². The molecule has 0 unspecified atom stereocenters. The molecule has 5 nitrogen and oxygen atoms in total. The quantitative estimate of drug-likeness (QED) is 0.207. The molecule has 0 aliphatic carbocycles. The Hall–Kier alpha value is -3.07. The van der Waals surface area contributed by atoms with E-state index in [0.29, 0.717) is 17.1 Å². The van der Waals surface area contributed by atoms with E-state index >= 15 is 0 Å². The number of halogens is 6. The molecule has 0 saturated heterocycles. The van der Waals surface area contributed by atoms with Crippen LogP contribution >= 0.6 is 0 Å². The third-order valence-corrected chi connectivity index (χ3v) is 5.07. The smallest absolute Gasteiger partial charge is 0.348 e. The van der Waals surface area contributed by atoms with Crippen LogP contribution < -0.4 is 0 Å². The summed E-state index contributed by atoms with van der Waals surface area (Å²) in [6.07, 6.45) is -5.72. The summed E-state index contributed by atoms with van der Waals surface area (Å²) in [5.41, 5.74) is -1.31. The van der Waals surface area contributed by atoms with Gasteiger partial charge in [0.05, 0.1) is 17.2 Å². The number of hydrogen-bond acceptors (Lipinski definition) is 4. The Kier molecular flexibility index (Phi) is 7.22. The molecule has 0 amide bonds. The second-order valence-corrected chi connectivity index (χ2v) is 7.83. The molecule has 0 N–H and O–H groups in total. The predicted octanol–water partition coefficient (Wildman–Crippen LogP) is 5.69. The van der Waals surface area contributed by atoms with Crippen LogP contribution in [0.25, 0.3) is 17.1 Å². The fourth-order valence-corrected chi connectivity index (χ4v) is 3.15. The first-order chi connectivity index (χ1) is 15.9. The van der Waals surface area contributed by atoms with Gasteiger partial charge in [0.2, 0.25) is 0 Å². The molecule has 0 aliphatic rings. The number of rotatable bonds is 4. The zero-order chi connectivity index (χ0) is 24.7. The van der Waals surface area contributed by atoms with E-state index in [1.165, 1.54) is 6.07 Å². The van der Waals surface area contributed by atoms with Gasteiger partial charge in [-0.25, -0.2) is 0 Å². The minimum atomic E-state index is -4.60. The van der Waals surface area contributed by atoms with Crippen molar-refractivity contribution in [3.05, 3.63) is 89.8 Å². The van der Waals surface area contributed by atoms with Gasteiger partial charge in [0.25, 0.3) is 0 Å². The average Bonchev–Trinajstić information content (AvgIpc) is 3.30. The summed E-state index contributed by atoms with van der Waals surface area (Å²) < 4.78 is 77.9. The van der Waals surface area contributed by atoms with Gasteiger partial charge in [0, 0.05) is 16.8 Å². The molecule has 0 saturated carbocycles. The number of hydrogen-bond donors (Lipinski definition) is 0. The Bertz CT molecular complexity index is 1310. The SMILES string of the molecule is CC(C)(c1cccc(-c2[c-]cc(C(F)(F)F)nc2)n1)c1cccc(-n2[c-]cc(C(F)(F)F)n2)n1.[Pt+2]. The van der Waals surface area contributed by atoms with E-state index < -0.39 is 29.2 Å². The van der Waals surface area contributed by atoms with Crippen molar-refractivity contribution < 1.29 is 47.4 Å². The second-order valence-electron chi connectivity index (χ2n) is 7.83. The van der Waals surface area contributed by atoms with E-state index in [-0.39, 0.29) is 32.4 Å². The molecule has 4 aromatic heterocycles. The monoisotopic (exact) mass is 670 g/mol. The van der Waals surface area contributed by atoms with E-state index in [1.807, 2.05) is 13.8 Å². The van der Waals surface area contributed by atoms with Crippen LogP contribution in [0.1, 0.15) is 36.6 Å². The van der Waals surface area contributed by atoms with E-state index in [0.717, 1.165) is 23.0 Å². The van der Waals surface area contributed by atoms with Crippen LogP contribution in [0.15, 0.2) is 54.7 Å². The van der Waals surface area contributed by atoms with Crippen molar-refractivity contribution in [1.29, 1.82) is 0 Å².